The van der Waals surface area contributed by atoms with Gasteiger partial charge in [0.05, 0.1) is 12.7 Å². The van der Waals surface area contributed by atoms with Gasteiger partial charge in [-0.3, -0.25) is 0 Å². The third-order valence-corrected chi connectivity index (χ3v) is 5.70. The molecule has 1 fully saturated rings. The second-order valence-corrected chi connectivity index (χ2v) is 7.92. The summed E-state index contributed by atoms with van der Waals surface area (Å²) in [6.45, 7) is 0.394. The first-order valence-electron chi connectivity index (χ1n) is 4.10. The Balaban J connectivity index is 2.29. The predicted molar refractivity (Wildman–Crippen MR) is 57.1 cm³/mol. The lowest BCUT2D eigenvalue weighted by molar-refractivity contribution is -0.0340. The average Bonchev–Trinajstić information content (AvgIpc) is 2.20. The van der Waals surface area contributed by atoms with Gasteiger partial charge in [0.2, 0.25) is 0 Å². The van der Waals surface area contributed by atoms with Crippen LogP contribution in [0.25, 0.3) is 0 Å². The maximum Gasteiger partial charge on any atom is 0.147 e. The molecule has 0 atom stereocenters. The van der Waals surface area contributed by atoms with Crippen LogP contribution in [-0.4, -0.2) is 19.5 Å². The van der Waals surface area contributed by atoms with Crippen LogP contribution in [0.3, 0.4) is 0 Å². The fraction of sp³-hybridized carbons (Fsp3) is 0.333. The monoisotopic (exact) mass is 214 g/mol. The van der Waals surface area contributed by atoms with E-state index < -0.39 is 6.04 Å². The van der Waals surface area contributed by atoms with E-state index in [-0.39, 0.29) is 0 Å². The van der Waals surface area contributed by atoms with Crippen molar-refractivity contribution in [3.05, 3.63) is 30.3 Å². The average molecular weight is 214 g/mol. The molecule has 4 heteroatoms. The van der Waals surface area contributed by atoms with Gasteiger partial charge in [0.25, 0.3) is 0 Å². The molecule has 13 heavy (non-hydrogen) atoms. The van der Waals surface area contributed by atoms with Crippen molar-refractivity contribution in [1.29, 1.82) is 0 Å². The van der Waals surface area contributed by atoms with Crippen molar-refractivity contribution in [3.63, 3.8) is 0 Å². The van der Waals surface area contributed by atoms with Crippen LogP contribution in [0.4, 0.5) is 0 Å². The van der Waals surface area contributed by atoms with Crippen LogP contribution >= 0.6 is 6.04 Å². The first-order valence-corrected chi connectivity index (χ1v) is 7.28. The second kappa shape index (κ2) is 3.89. The molecule has 0 aliphatic carbocycles. The summed E-state index contributed by atoms with van der Waals surface area (Å²) in [4.78, 5) is 0. The van der Waals surface area contributed by atoms with E-state index in [0.717, 1.165) is 0 Å². The number of hydrogen-bond acceptors (Lipinski definition) is 3. The first kappa shape index (κ1) is 9.35. The van der Waals surface area contributed by atoms with Gasteiger partial charge in [-0.1, -0.05) is 42.1 Å². The van der Waals surface area contributed by atoms with E-state index in [1.165, 1.54) is 5.30 Å². The lowest BCUT2D eigenvalue weighted by atomic mass is 10.4. The zero-order chi connectivity index (χ0) is 9.15. The van der Waals surface area contributed by atoms with Crippen molar-refractivity contribution in [2.24, 2.45) is 0 Å². The maximum atomic E-state index is 5.58. The van der Waals surface area contributed by atoms with Crippen molar-refractivity contribution in [2.75, 3.05) is 19.5 Å². The molecule has 0 aromatic heterocycles. The van der Waals surface area contributed by atoms with E-state index in [1.807, 2.05) is 18.2 Å². The molecule has 1 aliphatic rings. The molecule has 0 saturated carbocycles. The fourth-order valence-electron chi connectivity index (χ4n) is 1.31. The van der Waals surface area contributed by atoms with E-state index in [4.69, 9.17) is 21.3 Å². The van der Waals surface area contributed by atoms with Crippen LogP contribution in [0.1, 0.15) is 0 Å². The lowest BCUT2D eigenvalue weighted by Crippen LogP contribution is -2.20. The van der Waals surface area contributed by atoms with Crippen molar-refractivity contribution in [1.82, 2.24) is 0 Å². The molecular formula is C9H11O2PS. The van der Waals surface area contributed by atoms with Gasteiger partial charge in [-0.25, -0.2) is 0 Å². The van der Waals surface area contributed by atoms with Crippen LogP contribution in [0, 0.1) is 0 Å². The molecule has 0 bridgehead atoms. The summed E-state index contributed by atoms with van der Waals surface area (Å²) in [5.74, 6) is 0. The van der Waals surface area contributed by atoms with E-state index in [9.17, 15) is 0 Å². The molecule has 0 amide bonds. The van der Waals surface area contributed by atoms with Crippen molar-refractivity contribution >= 4 is 23.1 Å². The molecule has 1 heterocycles. The Kier molecular flexibility index (Phi) is 2.80. The molecule has 2 rings (SSSR count). The normalized spacial score (nSPS) is 21.2. The lowest BCUT2D eigenvalue weighted by Gasteiger charge is -2.26. The van der Waals surface area contributed by atoms with Gasteiger partial charge in [-0.2, -0.15) is 0 Å². The minimum Gasteiger partial charge on any atom is -0.350 e. The van der Waals surface area contributed by atoms with E-state index >= 15 is 0 Å². The highest BCUT2D eigenvalue weighted by atomic mass is 32.4. The summed E-state index contributed by atoms with van der Waals surface area (Å²) in [5, 5.41) is 1.21. The Hall–Kier alpha value is -0.210. The summed E-state index contributed by atoms with van der Waals surface area (Å²) in [6, 6.07) is 8.58. The first-order chi connectivity index (χ1) is 6.31. The summed E-state index contributed by atoms with van der Waals surface area (Å²) in [7, 11) is 0. The molecule has 1 aromatic carbocycles. The van der Waals surface area contributed by atoms with Crippen molar-refractivity contribution < 1.29 is 9.47 Å². The molecule has 0 spiro atoms. The maximum absolute atomic E-state index is 5.58. The van der Waals surface area contributed by atoms with Gasteiger partial charge in [-0.05, 0) is 5.30 Å². The number of rotatable bonds is 1. The van der Waals surface area contributed by atoms with Gasteiger partial charge in [-0.15, -0.1) is 0 Å². The Morgan fingerprint density at radius 3 is 2.31 bits per heavy atom. The third kappa shape index (κ3) is 2.00. The molecule has 1 aromatic rings. The molecule has 2 nitrogen and oxygen atoms in total. The molecule has 70 valence electrons. The zero-order valence-corrected chi connectivity index (χ0v) is 8.89. The summed E-state index contributed by atoms with van der Waals surface area (Å²) < 4.78 is 10.5. The molecule has 1 saturated heterocycles. The van der Waals surface area contributed by atoms with Crippen LogP contribution in [0.15, 0.2) is 30.3 Å². The van der Waals surface area contributed by atoms with Gasteiger partial charge < -0.3 is 9.47 Å². The fourth-order valence-corrected chi connectivity index (χ4v) is 3.95. The minimum absolute atomic E-state index is 0.394. The topological polar surface area (TPSA) is 18.5 Å². The molecular weight excluding hydrogens is 203 g/mol. The number of ether oxygens (including phenoxy) is 2. The SMILES string of the molecule is S=P1(c2ccccc2)COCOC1. The second-order valence-electron chi connectivity index (χ2n) is 3.01. The molecule has 1 aliphatic heterocycles. The highest BCUT2D eigenvalue weighted by Crippen LogP contribution is 2.46. The van der Waals surface area contributed by atoms with E-state index in [1.54, 1.807) is 0 Å². The Bertz CT molecular complexity index is 316. The van der Waals surface area contributed by atoms with Crippen molar-refractivity contribution in [3.8, 4) is 0 Å². The summed E-state index contributed by atoms with van der Waals surface area (Å²) in [6.07, 6.45) is 1.35. The molecule has 0 unspecified atom stereocenters. The van der Waals surface area contributed by atoms with Crippen LogP contribution in [-0.2, 0) is 21.3 Å². The minimum atomic E-state index is -1.58. The van der Waals surface area contributed by atoms with Crippen LogP contribution < -0.4 is 5.30 Å². The van der Waals surface area contributed by atoms with E-state index in [0.29, 0.717) is 19.5 Å². The quantitative estimate of drug-likeness (QED) is 0.663. The Morgan fingerprint density at radius 2 is 1.69 bits per heavy atom. The molecule has 0 radical (unpaired) electrons. The Morgan fingerprint density at radius 1 is 1.08 bits per heavy atom. The highest BCUT2D eigenvalue weighted by Gasteiger charge is 2.23. The largest absolute Gasteiger partial charge is 0.350 e. The van der Waals surface area contributed by atoms with Gasteiger partial charge in [0, 0.05) is 6.04 Å². The standard InChI is InChI=1S/C9H11O2PS/c13-12(7-10-6-11-8-12)9-4-2-1-3-5-9/h1-5H,6-8H2. The van der Waals surface area contributed by atoms with Crippen LogP contribution in [0.5, 0.6) is 0 Å². The summed E-state index contributed by atoms with van der Waals surface area (Å²) >= 11 is 5.58. The van der Waals surface area contributed by atoms with E-state index in [2.05, 4.69) is 12.1 Å². The summed E-state index contributed by atoms with van der Waals surface area (Å²) in [5.41, 5.74) is 0. The Labute approximate surface area is 82.9 Å². The van der Waals surface area contributed by atoms with Crippen molar-refractivity contribution in [2.45, 2.75) is 0 Å². The molecule has 0 N–H and O–H groups in total. The number of benzene rings is 1. The van der Waals surface area contributed by atoms with Crippen LogP contribution in [0.2, 0.25) is 0 Å². The smallest absolute Gasteiger partial charge is 0.147 e. The zero-order valence-electron chi connectivity index (χ0n) is 7.18. The third-order valence-electron chi connectivity index (χ3n) is 1.99. The van der Waals surface area contributed by atoms with Gasteiger partial charge in [0.15, 0.2) is 0 Å². The van der Waals surface area contributed by atoms with Gasteiger partial charge >= 0.3 is 0 Å². The predicted octanol–water partition coefficient (Wildman–Crippen LogP) is 1.71. The highest BCUT2D eigenvalue weighted by molar-refractivity contribution is 8.18. The number of hydrogen-bond donors (Lipinski definition) is 0. The van der Waals surface area contributed by atoms with Gasteiger partial charge in [0.1, 0.15) is 6.79 Å².